The summed E-state index contributed by atoms with van der Waals surface area (Å²) >= 11 is 0. The lowest BCUT2D eigenvalue weighted by Crippen LogP contribution is -2.36. The number of carboxylic acid groups (broad SMARTS) is 1. The second-order valence-electron chi connectivity index (χ2n) is 6.57. The van der Waals surface area contributed by atoms with Crippen molar-refractivity contribution in [1.82, 2.24) is 10.6 Å². The Morgan fingerprint density at radius 1 is 1.29 bits per heavy atom. The third-order valence-electron chi connectivity index (χ3n) is 3.96. The summed E-state index contributed by atoms with van der Waals surface area (Å²) < 4.78 is 31.7. The van der Waals surface area contributed by atoms with Crippen LogP contribution in [-0.2, 0) is 9.59 Å². The lowest BCUT2D eigenvalue weighted by Gasteiger charge is -2.20. The molecule has 0 aromatic heterocycles. The van der Waals surface area contributed by atoms with E-state index >= 15 is 0 Å². The highest BCUT2D eigenvalue weighted by Crippen LogP contribution is 2.17. The first-order valence-electron chi connectivity index (χ1n) is 8.62. The topological polar surface area (TPSA) is 98.7 Å². The Balaban J connectivity index is 0.000000480. The maximum Gasteiger partial charge on any atom is 0.490 e. The van der Waals surface area contributed by atoms with E-state index in [0.717, 1.165) is 25.2 Å². The van der Waals surface area contributed by atoms with Gasteiger partial charge in [0, 0.05) is 36.8 Å². The average molecular weight is 403 g/mol. The van der Waals surface area contributed by atoms with E-state index in [0.29, 0.717) is 5.56 Å². The van der Waals surface area contributed by atoms with Crippen molar-refractivity contribution in [3.63, 3.8) is 0 Å². The van der Waals surface area contributed by atoms with Crippen molar-refractivity contribution in [2.45, 2.75) is 32.5 Å². The number of carbonyl (C=O) groups excluding carboxylic acids is 2. The van der Waals surface area contributed by atoms with Crippen LogP contribution in [0.1, 0.15) is 30.6 Å². The number of rotatable bonds is 4. The number of hydrogen-bond acceptors (Lipinski definition) is 4. The number of carbonyl (C=O) groups is 3. The van der Waals surface area contributed by atoms with Crippen LogP contribution in [0.2, 0.25) is 0 Å². The molecule has 0 aliphatic carbocycles. The van der Waals surface area contributed by atoms with Crippen molar-refractivity contribution >= 4 is 23.5 Å². The Kier molecular flexibility index (Phi) is 8.42. The summed E-state index contributed by atoms with van der Waals surface area (Å²) in [6, 6.07) is 7.37. The number of anilines is 1. The van der Waals surface area contributed by atoms with Crippen LogP contribution in [0.3, 0.4) is 0 Å². The zero-order chi connectivity index (χ0) is 21.5. The molecule has 1 atom stereocenters. The molecule has 1 aromatic rings. The zero-order valence-corrected chi connectivity index (χ0v) is 15.8. The Morgan fingerprint density at radius 2 is 1.89 bits per heavy atom. The zero-order valence-electron chi connectivity index (χ0n) is 15.8. The quantitative estimate of drug-likeness (QED) is 0.715. The first kappa shape index (κ1) is 23.4. The Morgan fingerprint density at radius 3 is 2.36 bits per heavy atom. The molecule has 0 unspecified atom stereocenters. The second-order valence-corrected chi connectivity index (χ2v) is 6.57. The molecule has 1 heterocycles. The van der Waals surface area contributed by atoms with Gasteiger partial charge in [0.2, 0.25) is 5.91 Å². The van der Waals surface area contributed by atoms with Crippen molar-refractivity contribution in [1.29, 1.82) is 0 Å². The van der Waals surface area contributed by atoms with Gasteiger partial charge in [0.05, 0.1) is 0 Å². The number of amides is 2. The van der Waals surface area contributed by atoms with Crippen LogP contribution in [0.25, 0.3) is 0 Å². The molecule has 1 aliphatic heterocycles. The average Bonchev–Trinajstić information content (AvgIpc) is 3.13. The molecule has 0 spiro atoms. The molecule has 0 radical (unpaired) electrons. The third kappa shape index (κ3) is 7.18. The van der Waals surface area contributed by atoms with Gasteiger partial charge in [0.25, 0.3) is 5.91 Å². The predicted octanol–water partition coefficient (Wildman–Crippen LogP) is 2.03. The minimum atomic E-state index is -5.08. The van der Waals surface area contributed by atoms with Crippen LogP contribution in [-0.4, -0.2) is 55.2 Å². The summed E-state index contributed by atoms with van der Waals surface area (Å²) in [6.07, 6.45) is -4.13. The van der Waals surface area contributed by atoms with Crippen molar-refractivity contribution in [3.05, 3.63) is 29.8 Å². The summed E-state index contributed by atoms with van der Waals surface area (Å²) in [5.74, 6) is -2.88. The number of hydrogen-bond donors (Lipinski definition) is 3. The van der Waals surface area contributed by atoms with E-state index in [1.54, 1.807) is 30.1 Å². The van der Waals surface area contributed by atoms with Gasteiger partial charge >= 0.3 is 12.1 Å². The standard InChI is InChI=1S/C16H23N3O2.C2HF3O2/c1-11(2)16(21)19(3)14-6-4-5-12(9-14)15(20)18-13-7-8-17-10-13;3-2(4,5)1(6)7/h4-6,9,11,13,17H,7-8,10H2,1-3H3,(H,18,20);(H,6,7)/t13-;/m1./s1. The van der Waals surface area contributed by atoms with Crippen LogP contribution < -0.4 is 15.5 Å². The number of alkyl halides is 3. The van der Waals surface area contributed by atoms with E-state index in [4.69, 9.17) is 9.90 Å². The van der Waals surface area contributed by atoms with E-state index in [9.17, 15) is 22.8 Å². The van der Waals surface area contributed by atoms with Crippen LogP contribution >= 0.6 is 0 Å². The van der Waals surface area contributed by atoms with Gasteiger partial charge in [-0.1, -0.05) is 19.9 Å². The molecule has 156 valence electrons. The van der Waals surface area contributed by atoms with Crippen molar-refractivity contribution in [3.8, 4) is 0 Å². The number of carboxylic acids is 1. The van der Waals surface area contributed by atoms with Crippen molar-refractivity contribution in [2.24, 2.45) is 5.92 Å². The Labute approximate surface area is 160 Å². The van der Waals surface area contributed by atoms with Crippen LogP contribution in [0.15, 0.2) is 24.3 Å². The fourth-order valence-corrected chi connectivity index (χ4v) is 2.42. The monoisotopic (exact) mass is 403 g/mol. The Hall–Kier alpha value is -2.62. The summed E-state index contributed by atoms with van der Waals surface area (Å²) in [5.41, 5.74) is 1.33. The SMILES string of the molecule is CC(C)C(=O)N(C)c1cccc(C(=O)N[C@@H]2CCNC2)c1.O=C(O)C(F)(F)F. The van der Waals surface area contributed by atoms with Gasteiger partial charge in [-0.05, 0) is 31.2 Å². The second kappa shape index (κ2) is 10.1. The summed E-state index contributed by atoms with van der Waals surface area (Å²) in [7, 11) is 1.74. The Bertz CT molecular complexity index is 702. The number of nitrogens with zero attached hydrogens (tertiary/aromatic N) is 1. The molecule has 1 saturated heterocycles. The van der Waals surface area contributed by atoms with Gasteiger partial charge in [0.15, 0.2) is 0 Å². The fourth-order valence-electron chi connectivity index (χ4n) is 2.42. The molecule has 0 bridgehead atoms. The lowest BCUT2D eigenvalue weighted by molar-refractivity contribution is -0.192. The van der Waals surface area contributed by atoms with Crippen LogP contribution in [0, 0.1) is 5.92 Å². The van der Waals surface area contributed by atoms with E-state index in [2.05, 4.69) is 10.6 Å². The van der Waals surface area contributed by atoms with Crippen LogP contribution in [0.4, 0.5) is 18.9 Å². The number of halogens is 3. The summed E-state index contributed by atoms with van der Waals surface area (Å²) in [4.78, 5) is 34.7. The third-order valence-corrected chi connectivity index (χ3v) is 3.96. The predicted molar refractivity (Wildman–Crippen MR) is 97.1 cm³/mol. The molecular formula is C18H24F3N3O4. The lowest BCUT2D eigenvalue weighted by atomic mass is 10.1. The molecular weight excluding hydrogens is 379 g/mol. The van der Waals surface area contributed by atoms with E-state index in [1.165, 1.54) is 0 Å². The fraction of sp³-hybridized carbons (Fsp3) is 0.500. The van der Waals surface area contributed by atoms with Gasteiger partial charge in [-0.3, -0.25) is 9.59 Å². The molecule has 3 N–H and O–H groups in total. The van der Waals surface area contributed by atoms with Gasteiger partial charge in [-0.2, -0.15) is 13.2 Å². The van der Waals surface area contributed by atoms with Gasteiger partial charge in [-0.15, -0.1) is 0 Å². The largest absolute Gasteiger partial charge is 0.490 e. The minimum Gasteiger partial charge on any atom is -0.475 e. The van der Waals surface area contributed by atoms with Gasteiger partial charge in [-0.25, -0.2) is 4.79 Å². The number of benzene rings is 1. The normalized spacial score (nSPS) is 16.2. The molecule has 1 aliphatic rings. The smallest absolute Gasteiger partial charge is 0.475 e. The summed E-state index contributed by atoms with van der Waals surface area (Å²) in [5, 5.41) is 13.4. The minimum absolute atomic E-state index is 0.0348. The molecule has 7 nitrogen and oxygen atoms in total. The molecule has 1 aromatic carbocycles. The van der Waals surface area contributed by atoms with Gasteiger partial charge < -0.3 is 20.6 Å². The molecule has 10 heteroatoms. The van der Waals surface area contributed by atoms with E-state index in [1.807, 2.05) is 19.9 Å². The molecule has 2 rings (SSSR count). The number of aliphatic carboxylic acids is 1. The van der Waals surface area contributed by atoms with Crippen molar-refractivity contribution in [2.75, 3.05) is 25.0 Å². The summed E-state index contributed by atoms with van der Waals surface area (Å²) in [6.45, 7) is 5.48. The maximum atomic E-state index is 12.2. The van der Waals surface area contributed by atoms with Gasteiger partial charge in [0.1, 0.15) is 0 Å². The maximum absolute atomic E-state index is 12.2. The van der Waals surface area contributed by atoms with E-state index in [-0.39, 0.29) is 23.8 Å². The van der Waals surface area contributed by atoms with Crippen molar-refractivity contribution < 1.29 is 32.7 Å². The van der Waals surface area contributed by atoms with Crippen LogP contribution in [0.5, 0.6) is 0 Å². The highest BCUT2D eigenvalue weighted by Gasteiger charge is 2.38. The first-order chi connectivity index (χ1) is 12.9. The first-order valence-corrected chi connectivity index (χ1v) is 8.62. The van der Waals surface area contributed by atoms with E-state index < -0.39 is 12.1 Å². The molecule has 0 saturated carbocycles. The molecule has 28 heavy (non-hydrogen) atoms. The molecule has 1 fully saturated rings. The molecule has 2 amide bonds. The highest BCUT2D eigenvalue weighted by molar-refractivity contribution is 5.98. The highest BCUT2D eigenvalue weighted by atomic mass is 19.4. The number of nitrogens with one attached hydrogen (secondary N) is 2.